The molecule has 0 aliphatic carbocycles. The quantitative estimate of drug-likeness (QED) is 0.157. The van der Waals surface area contributed by atoms with E-state index in [1.165, 1.54) is 17.0 Å². The van der Waals surface area contributed by atoms with E-state index in [4.69, 9.17) is 27.9 Å². The summed E-state index contributed by atoms with van der Waals surface area (Å²) in [7, 11) is -4.22. The smallest absolute Gasteiger partial charge is 0.264 e. The third-order valence-electron chi connectivity index (χ3n) is 7.50. The Kier molecular flexibility index (Phi) is 11.7. The van der Waals surface area contributed by atoms with Crippen LogP contribution in [0.3, 0.4) is 0 Å². The molecule has 0 heterocycles. The molecule has 0 aromatic heterocycles. The zero-order valence-electron chi connectivity index (χ0n) is 26.1. The Morgan fingerprint density at radius 3 is 2.09 bits per heavy atom. The van der Waals surface area contributed by atoms with E-state index in [1.807, 2.05) is 51.1 Å². The predicted molar refractivity (Wildman–Crippen MR) is 183 cm³/mol. The number of rotatable bonds is 13. The molecular formula is C35H37Cl2N3O5S. The number of aryl methyl sites for hydroxylation is 1. The maximum atomic E-state index is 14.2. The Balaban J connectivity index is 1.71. The molecule has 2 amide bonds. The van der Waals surface area contributed by atoms with Crippen molar-refractivity contribution in [3.8, 4) is 11.5 Å². The number of nitrogens with zero attached hydrogens (tertiary/aromatic N) is 2. The minimum atomic E-state index is -4.22. The van der Waals surface area contributed by atoms with Crippen LogP contribution in [0, 0.1) is 6.92 Å². The van der Waals surface area contributed by atoms with Crippen molar-refractivity contribution < 1.29 is 22.7 Å². The minimum absolute atomic E-state index is 0.00686. The number of hydrogen-bond acceptors (Lipinski definition) is 5. The van der Waals surface area contributed by atoms with Gasteiger partial charge < -0.3 is 15.0 Å². The first-order chi connectivity index (χ1) is 21.9. The Labute approximate surface area is 280 Å². The number of halogens is 2. The lowest BCUT2D eigenvalue weighted by Crippen LogP contribution is -2.52. The molecule has 1 N–H and O–H groups in total. The number of carbonyl (C=O) groups is 2. The zero-order chi connectivity index (χ0) is 33.4. The predicted octanol–water partition coefficient (Wildman–Crippen LogP) is 7.62. The summed E-state index contributed by atoms with van der Waals surface area (Å²) in [5.74, 6) is 0.166. The number of hydrogen-bond donors (Lipinski definition) is 1. The van der Waals surface area contributed by atoms with Crippen LogP contribution in [0.4, 0.5) is 5.69 Å². The number of sulfonamides is 1. The molecule has 2 atom stereocenters. The number of carbonyl (C=O) groups excluding carboxylic acids is 2. The second-order valence-electron chi connectivity index (χ2n) is 11.0. The lowest BCUT2D eigenvalue weighted by molar-refractivity contribution is -0.139. The Bertz CT molecular complexity index is 1750. The standard InChI is InChI=1S/C35H37Cl2N3O5S/c1-5-25(3)38-35(42)26(4)39(22-27-13-20-32(36)33(37)21-27)34(41)23-40(46(43,44)31-18-11-24(2)12-19-31)28-14-16-30(17-15-28)45-29-9-7-6-8-10-29/h6-21,25-26H,5,22-23H2,1-4H3,(H,38,42)/t25-,26+/m1/s1. The lowest BCUT2D eigenvalue weighted by Gasteiger charge is -2.32. The number of nitrogens with one attached hydrogen (secondary N) is 1. The van der Waals surface area contributed by atoms with Crippen LogP contribution < -0.4 is 14.4 Å². The highest BCUT2D eigenvalue weighted by atomic mass is 35.5. The van der Waals surface area contributed by atoms with Crippen LogP contribution >= 0.6 is 23.2 Å². The van der Waals surface area contributed by atoms with Crippen molar-refractivity contribution in [2.24, 2.45) is 0 Å². The van der Waals surface area contributed by atoms with Gasteiger partial charge in [0.05, 0.1) is 20.6 Å². The number of para-hydroxylation sites is 1. The SMILES string of the molecule is CC[C@@H](C)NC(=O)[C@H](C)N(Cc1ccc(Cl)c(Cl)c1)C(=O)CN(c1ccc(Oc2ccccc2)cc1)S(=O)(=O)c1ccc(C)cc1. The topological polar surface area (TPSA) is 96.0 Å². The van der Waals surface area contributed by atoms with E-state index in [0.29, 0.717) is 33.5 Å². The molecule has 0 aliphatic rings. The summed E-state index contributed by atoms with van der Waals surface area (Å²) >= 11 is 12.4. The van der Waals surface area contributed by atoms with Crippen LogP contribution in [-0.2, 0) is 26.2 Å². The van der Waals surface area contributed by atoms with Crippen molar-refractivity contribution in [1.82, 2.24) is 10.2 Å². The third kappa shape index (κ3) is 8.81. The normalized spacial score (nSPS) is 12.6. The van der Waals surface area contributed by atoms with Crippen molar-refractivity contribution in [2.45, 2.75) is 57.6 Å². The number of benzene rings is 4. The summed E-state index contributed by atoms with van der Waals surface area (Å²) in [6.45, 7) is 6.71. The van der Waals surface area contributed by atoms with Gasteiger partial charge in [0.1, 0.15) is 24.1 Å². The fourth-order valence-electron chi connectivity index (χ4n) is 4.55. The van der Waals surface area contributed by atoms with Crippen molar-refractivity contribution >= 4 is 50.7 Å². The summed E-state index contributed by atoms with van der Waals surface area (Å²) in [5.41, 5.74) is 1.76. The number of amides is 2. The minimum Gasteiger partial charge on any atom is -0.457 e. The molecule has 4 rings (SSSR count). The highest BCUT2D eigenvalue weighted by molar-refractivity contribution is 7.92. The van der Waals surface area contributed by atoms with Crippen molar-refractivity contribution in [2.75, 3.05) is 10.8 Å². The maximum absolute atomic E-state index is 14.2. The summed E-state index contributed by atoms with van der Waals surface area (Å²) < 4.78 is 35.2. The largest absolute Gasteiger partial charge is 0.457 e. The fourth-order valence-corrected chi connectivity index (χ4v) is 6.29. The van der Waals surface area contributed by atoms with E-state index in [-0.39, 0.29) is 29.1 Å². The molecule has 242 valence electrons. The van der Waals surface area contributed by atoms with Gasteiger partial charge in [0.2, 0.25) is 11.8 Å². The van der Waals surface area contributed by atoms with Gasteiger partial charge in [0.15, 0.2) is 0 Å². The Hall–Kier alpha value is -4.05. The van der Waals surface area contributed by atoms with Crippen LogP contribution in [0.25, 0.3) is 0 Å². The van der Waals surface area contributed by atoms with Gasteiger partial charge >= 0.3 is 0 Å². The summed E-state index contributed by atoms with van der Waals surface area (Å²) in [5, 5.41) is 3.56. The van der Waals surface area contributed by atoms with Crippen molar-refractivity contribution in [1.29, 1.82) is 0 Å². The van der Waals surface area contributed by atoms with Crippen LogP contribution in [0.2, 0.25) is 10.0 Å². The van der Waals surface area contributed by atoms with E-state index in [9.17, 15) is 18.0 Å². The Morgan fingerprint density at radius 2 is 1.48 bits per heavy atom. The molecule has 8 nitrogen and oxygen atoms in total. The maximum Gasteiger partial charge on any atom is 0.264 e. The molecule has 0 radical (unpaired) electrons. The van der Waals surface area contributed by atoms with Gasteiger partial charge in [-0.1, -0.05) is 72.1 Å². The fraction of sp³-hybridized carbons (Fsp3) is 0.257. The van der Waals surface area contributed by atoms with Crippen molar-refractivity contribution in [3.63, 3.8) is 0 Å². The first-order valence-corrected chi connectivity index (χ1v) is 17.0. The van der Waals surface area contributed by atoms with Crippen LogP contribution in [-0.4, -0.2) is 43.8 Å². The van der Waals surface area contributed by atoms with E-state index in [1.54, 1.807) is 61.5 Å². The molecule has 4 aromatic carbocycles. The van der Waals surface area contributed by atoms with Gasteiger partial charge in [-0.2, -0.15) is 0 Å². The third-order valence-corrected chi connectivity index (χ3v) is 10.0. The number of ether oxygens (including phenoxy) is 1. The molecule has 11 heteroatoms. The first kappa shape index (κ1) is 34.8. The van der Waals surface area contributed by atoms with Crippen LogP contribution in [0.1, 0.15) is 38.3 Å². The second kappa shape index (κ2) is 15.5. The molecule has 0 saturated carbocycles. The van der Waals surface area contributed by atoms with E-state index in [2.05, 4.69) is 5.32 Å². The molecule has 0 fully saturated rings. The van der Waals surface area contributed by atoms with E-state index < -0.39 is 28.5 Å². The molecule has 46 heavy (non-hydrogen) atoms. The average molecular weight is 683 g/mol. The summed E-state index contributed by atoms with van der Waals surface area (Å²) in [4.78, 5) is 28.8. The zero-order valence-corrected chi connectivity index (χ0v) is 28.4. The van der Waals surface area contributed by atoms with Gasteiger partial charge in [0.25, 0.3) is 10.0 Å². The summed E-state index contributed by atoms with van der Waals surface area (Å²) in [6.07, 6.45) is 0.700. The Morgan fingerprint density at radius 1 is 0.848 bits per heavy atom. The monoisotopic (exact) mass is 681 g/mol. The molecule has 4 aromatic rings. The lowest BCUT2D eigenvalue weighted by atomic mass is 10.1. The van der Waals surface area contributed by atoms with Crippen LogP contribution in [0.15, 0.2) is 102 Å². The highest BCUT2D eigenvalue weighted by Gasteiger charge is 2.33. The van der Waals surface area contributed by atoms with Crippen LogP contribution in [0.5, 0.6) is 11.5 Å². The molecule has 0 bridgehead atoms. The van der Waals surface area contributed by atoms with Gasteiger partial charge in [-0.05, 0) is 93.4 Å². The van der Waals surface area contributed by atoms with Gasteiger partial charge in [-0.3, -0.25) is 13.9 Å². The first-order valence-electron chi connectivity index (χ1n) is 14.8. The average Bonchev–Trinajstić information content (AvgIpc) is 3.04. The van der Waals surface area contributed by atoms with Crippen molar-refractivity contribution in [3.05, 3.63) is 118 Å². The summed E-state index contributed by atoms with van der Waals surface area (Å²) in [6, 6.07) is 25.9. The highest BCUT2D eigenvalue weighted by Crippen LogP contribution is 2.29. The van der Waals surface area contributed by atoms with E-state index in [0.717, 1.165) is 9.87 Å². The van der Waals surface area contributed by atoms with Gasteiger partial charge in [-0.25, -0.2) is 8.42 Å². The second-order valence-corrected chi connectivity index (χ2v) is 13.7. The molecular weight excluding hydrogens is 645 g/mol. The van der Waals surface area contributed by atoms with Gasteiger partial charge in [0, 0.05) is 12.6 Å². The van der Waals surface area contributed by atoms with Gasteiger partial charge in [-0.15, -0.1) is 0 Å². The molecule has 0 unspecified atom stereocenters. The molecule has 0 aliphatic heterocycles. The number of anilines is 1. The van der Waals surface area contributed by atoms with E-state index >= 15 is 0 Å². The molecule has 0 saturated heterocycles. The molecule has 0 spiro atoms.